The van der Waals surface area contributed by atoms with Gasteiger partial charge in [-0.05, 0) is 29.6 Å². The maximum atomic E-state index is 12.9. The van der Waals surface area contributed by atoms with Crippen LogP contribution in [0.4, 0.5) is 4.79 Å². The molecule has 0 N–H and O–H groups in total. The number of carbonyl (C=O) groups is 2. The van der Waals surface area contributed by atoms with Gasteiger partial charge in [0.05, 0.1) is 6.04 Å². The van der Waals surface area contributed by atoms with Crippen LogP contribution in [0.1, 0.15) is 34.1 Å². The fraction of sp³-hybridized carbons (Fsp3) is 0.750. The molecule has 2 bridgehead atoms. The van der Waals surface area contributed by atoms with E-state index in [-0.39, 0.29) is 23.3 Å². The highest BCUT2D eigenvalue weighted by Gasteiger charge is 2.52. The predicted octanol–water partition coefficient (Wildman–Crippen LogP) is 2.84. The van der Waals surface area contributed by atoms with Crippen LogP contribution < -0.4 is 0 Å². The van der Waals surface area contributed by atoms with Crippen molar-refractivity contribution in [2.75, 3.05) is 6.61 Å². The molecule has 0 radical (unpaired) electrons. The number of allylic oxidation sites excluding steroid dienone is 2. The maximum Gasteiger partial charge on any atom is 0.417 e. The van der Waals surface area contributed by atoms with Crippen LogP contribution >= 0.6 is 0 Å². The van der Waals surface area contributed by atoms with E-state index in [1.54, 1.807) is 0 Å². The van der Waals surface area contributed by atoms with E-state index in [4.69, 9.17) is 4.74 Å². The van der Waals surface area contributed by atoms with Gasteiger partial charge in [-0.2, -0.15) is 0 Å². The highest BCUT2D eigenvalue weighted by atomic mass is 16.6. The van der Waals surface area contributed by atoms with Crippen molar-refractivity contribution in [1.29, 1.82) is 0 Å². The Kier molecular flexibility index (Phi) is 2.96. The molecule has 0 aromatic heterocycles. The number of hydrogen-bond acceptors (Lipinski definition) is 3. The quantitative estimate of drug-likeness (QED) is 0.692. The molecule has 1 saturated carbocycles. The number of fused-ring (bicyclic) bond motifs is 2. The van der Waals surface area contributed by atoms with Crippen molar-refractivity contribution >= 4 is 12.0 Å². The molecule has 4 nitrogen and oxygen atoms in total. The fourth-order valence-corrected chi connectivity index (χ4v) is 3.94. The molecular formula is C16H23NO3. The van der Waals surface area contributed by atoms with E-state index in [0.717, 1.165) is 6.42 Å². The molecule has 4 heteroatoms. The van der Waals surface area contributed by atoms with Gasteiger partial charge in [0.15, 0.2) is 0 Å². The maximum absolute atomic E-state index is 12.9. The Bertz CT molecular complexity index is 477. The molecule has 1 saturated heterocycles. The molecule has 5 atom stereocenters. The highest BCUT2D eigenvalue weighted by Crippen LogP contribution is 2.49. The molecule has 20 heavy (non-hydrogen) atoms. The molecule has 110 valence electrons. The van der Waals surface area contributed by atoms with E-state index in [1.165, 1.54) is 4.90 Å². The van der Waals surface area contributed by atoms with E-state index in [1.807, 2.05) is 20.8 Å². The van der Waals surface area contributed by atoms with Gasteiger partial charge in [-0.25, -0.2) is 9.69 Å². The summed E-state index contributed by atoms with van der Waals surface area (Å²) in [5.41, 5.74) is -0.154. The summed E-state index contributed by atoms with van der Waals surface area (Å²) in [6.45, 7) is 8.58. The zero-order valence-electron chi connectivity index (χ0n) is 12.6. The lowest BCUT2D eigenvalue weighted by atomic mass is 9.81. The lowest BCUT2D eigenvalue weighted by Crippen LogP contribution is -2.49. The minimum Gasteiger partial charge on any atom is -0.447 e. The first-order chi connectivity index (χ1) is 9.30. The average Bonchev–Trinajstić information content (AvgIpc) is 3.00. The van der Waals surface area contributed by atoms with Crippen LogP contribution in [-0.4, -0.2) is 29.5 Å². The Labute approximate surface area is 120 Å². The van der Waals surface area contributed by atoms with Crippen molar-refractivity contribution in [3.05, 3.63) is 12.2 Å². The van der Waals surface area contributed by atoms with E-state index in [0.29, 0.717) is 24.4 Å². The Morgan fingerprint density at radius 2 is 1.95 bits per heavy atom. The molecule has 0 unspecified atom stereocenters. The second-order valence-electron chi connectivity index (χ2n) is 7.50. The number of imide groups is 1. The van der Waals surface area contributed by atoms with Gasteiger partial charge in [0, 0.05) is 5.92 Å². The summed E-state index contributed by atoms with van der Waals surface area (Å²) in [6, 6.07) is -0.155. The molecule has 0 spiro atoms. The van der Waals surface area contributed by atoms with Crippen LogP contribution in [0, 0.1) is 29.1 Å². The molecule has 1 heterocycles. The summed E-state index contributed by atoms with van der Waals surface area (Å²) in [5.74, 6) is 1.04. The van der Waals surface area contributed by atoms with E-state index >= 15 is 0 Å². The van der Waals surface area contributed by atoms with Gasteiger partial charge >= 0.3 is 6.09 Å². The van der Waals surface area contributed by atoms with Gasteiger partial charge in [-0.15, -0.1) is 0 Å². The largest absolute Gasteiger partial charge is 0.447 e. The van der Waals surface area contributed by atoms with Crippen molar-refractivity contribution in [2.45, 2.75) is 40.2 Å². The van der Waals surface area contributed by atoms with Crippen LogP contribution in [0.5, 0.6) is 0 Å². The smallest absolute Gasteiger partial charge is 0.417 e. The SMILES string of the molecule is C[C@H]1[C@H](C(=O)N2C(=O)OC[C@@H]2C(C)(C)C)[C@@H]2C=C[C@H]1C2. The van der Waals surface area contributed by atoms with Crippen molar-refractivity contribution in [2.24, 2.45) is 29.1 Å². The lowest BCUT2D eigenvalue weighted by molar-refractivity contribution is -0.137. The molecule has 2 fully saturated rings. The number of amides is 2. The van der Waals surface area contributed by atoms with Crippen LogP contribution in [0.3, 0.4) is 0 Å². The van der Waals surface area contributed by atoms with Crippen LogP contribution in [-0.2, 0) is 9.53 Å². The minimum atomic E-state index is -0.464. The van der Waals surface area contributed by atoms with Gasteiger partial charge < -0.3 is 4.74 Å². The van der Waals surface area contributed by atoms with E-state index in [2.05, 4.69) is 19.1 Å². The van der Waals surface area contributed by atoms with Crippen molar-refractivity contribution in [3.63, 3.8) is 0 Å². The second kappa shape index (κ2) is 4.34. The Morgan fingerprint density at radius 1 is 1.30 bits per heavy atom. The lowest BCUT2D eigenvalue weighted by Gasteiger charge is -2.34. The van der Waals surface area contributed by atoms with Crippen molar-refractivity contribution < 1.29 is 14.3 Å². The number of rotatable bonds is 1. The fourth-order valence-electron chi connectivity index (χ4n) is 3.94. The molecule has 3 rings (SSSR count). The second-order valence-corrected chi connectivity index (χ2v) is 7.50. The average molecular weight is 277 g/mol. The Balaban J connectivity index is 1.86. The minimum absolute atomic E-state index is 0.0308. The monoisotopic (exact) mass is 277 g/mol. The summed E-state index contributed by atoms with van der Waals surface area (Å²) in [5, 5.41) is 0. The highest BCUT2D eigenvalue weighted by molar-refractivity contribution is 5.95. The standard InChI is InChI=1S/C16H23NO3/c1-9-10-5-6-11(7-10)13(9)14(18)17-12(16(2,3)4)8-20-15(17)19/h5-6,9-13H,7-8H2,1-4H3/t9-,10+,11-,12-,13+/m1/s1. The summed E-state index contributed by atoms with van der Waals surface area (Å²) in [6.07, 6.45) is 4.97. The summed E-state index contributed by atoms with van der Waals surface area (Å²) >= 11 is 0. The first-order valence-corrected chi connectivity index (χ1v) is 7.49. The Morgan fingerprint density at radius 3 is 2.50 bits per heavy atom. The molecule has 0 aromatic carbocycles. The first kappa shape index (κ1) is 13.7. The summed E-state index contributed by atoms with van der Waals surface area (Å²) < 4.78 is 5.15. The van der Waals surface area contributed by atoms with Gasteiger partial charge in [-0.1, -0.05) is 39.8 Å². The third-order valence-corrected chi connectivity index (χ3v) is 5.25. The number of hydrogen-bond donors (Lipinski definition) is 0. The Hall–Kier alpha value is -1.32. The normalized spacial score (nSPS) is 39.5. The molecular weight excluding hydrogens is 254 g/mol. The van der Waals surface area contributed by atoms with Gasteiger partial charge in [0.1, 0.15) is 6.61 Å². The van der Waals surface area contributed by atoms with Gasteiger partial charge in [0.25, 0.3) is 0 Å². The predicted molar refractivity (Wildman–Crippen MR) is 74.8 cm³/mol. The van der Waals surface area contributed by atoms with E-state index < -0.39 is 6.09 Å². The third-order valence-electron chi connectivity index (χ3n) is 5.25. The molecule has 2 amide bonds. The molecule has 3 aliphatic rings. The summed E-state index contributed by atoms with van der Waals surface area (Å²) in [7, 11) is 0. The zero-order valence-corrected chi connectivity index (χ0v) is 12.6. The van der Waals surface area contributed by atoms with Crippen LogP contribution in [0.15, 0.2) is 12.2 Å². The molecule has 1 aliphatic heterocycles. The number of carbonyl (C=O) groups excluding carboxylic acids is 2. The van der Waals surface area contributed by atoms with Gasteiger partial charge in [-0.3, -0.25) is 4.79 Å². The number of cyclic esters (lactones) is 1. The third kappa shape index (κ3) is 1.88. The zero-order chi connectivity index (χ0) is 14.7. The van der Waals surface area contributed by atoms with Crippen molar-refractivity contribution in [3.8, 4) is 0 Å². The number of ether oxygens (including phenoxy) is 1. The van der Waals surface area contributed by atoms with Crippen LogP contribution in [0.25, 0.3) is 0 Å². The summed E-state index contributed by atoms with van der Waals surface area (Å²) in [4.78, 5) is 26.3. The molecule has 0 aromatic rings. The van der Waals surface area contributed by atoms with Gasteiger partial charge in [0.2, 0.25) is 5.91 Å². The molecule has 2 aliphatic carbocycles. The van der Waals surface area contributed by atoms with Crippen molar-refractivity contribution in [1.82, 2.24) is 4.90 Å². The van der Waals surface area contributed by atoms with Crippen LogP contribution in [0.2, 0.25) is 0 Å². The van der Waals surface area contributed by atoms with E-state index in [9.17, 15) is 9.59 Å². The first-order valence-electron chi connectivity index (χ1n) is 7.49. The topological polar surface area (TPSA) is 46.6 Å². The number of nitrogens with zero attached hydrogens (tertiary/aromatic N) is 1.